The van der Waals surface area contributed by atoms with Crippen molar-refractivity contribution in [2.45, 2.75) is 58.8 Å². The van der Waals surface area contributed by atoms with Gasteiger partial charge in [-0.25, -0.2) is 4.98 Å². The zero-order chi connectivity index (χ0) is 16.6. The van der Waals surface area contributed by atoms with E-state index < -0.39 is 0 Å². The lowest BCUT2D eigenvalue weighted by Gasteiger charge is -2.29. The Kier molecular flexibility index (Phi) is 4.40. The van der Waals surface area contributed by atoms with Gasteiger partial charge in [0.15, 0.2) is 0 Å². The van der Waals surface area contributed by atoms with Crippen LogP contribution in [0.15, 0.2) is 11.6 Å². The van der Waals surface area contributed by atoms with Crippen molar-refractivity contribution in [2.24, 2.45) is 5.41 Å². The van der Waals surface area contributed by atoms with Gasteiger partial charge in [-0.1, -0.05) is 0 Å². The Hall–Kier alpha value is -1.31. The van der Waals surface area contributed by atoms with Crippen LogP contribution in [0.5, 0.6) is 0 Å². The number of thiazole rings is 1. The lowest BCUT2D eigenvalue weighted by molar-refractivity contribution is 0.182. The molecule has 24 heavy (non-hydrogen) atoms. The lowest BCUT2D eigenvalue weighted by atomic mass is 9.93. The molecule has 0 unspecified atom stereocenters. The quantitative estimate of drug-likeness (QED) is 0.869. The Morgan fingerprint density at radius 1 is 1.33 bits per heavy atom. The zero-order valence-corrected chi connectivity index (χ0v) is 15.3. The molecular weight excluding hydrogens is 320 g/mol. The van der Waals surface area contributed by atoms with Crippen LogP contribution in [-0.2, 0) is 19.6 Å². The highest BCUT2D eigenvalue weighted by Gasteiger charge is 2.56. The minimum atomic E-state index is 0.522. The summed E-state index contributed by atoms with van der Waals surface area (Å²) in [5, 5.41) is 15.5. The molecular formula is C17H26N6S. The standard InChI is InChI=1S/C17H26N6S/c1-3-23-13(2)20-21-15(23)11-22(12-16-19-8-9-24-16)14-10-17(14)4-6-18-7-5-17/h8-9,14,18H,3-7,10-12H2,1-2H3/t14-/m0/s1. The molecule has 1 aliphatic carbocycles. The van der Waals surface area contributed by atoms with E-state index in [1.54, 1.807) is 11.3 Å². The normalized spacial score (nSPS) is 22.4. The second kappa shape index (κ2) is 6.54. The van der Waals surface area contributed by atoms with Crippen LogP contribution in [0.25, 0.3) is 0 Å². The van der Waals surface area contributed by atoms with E-state index in [2.05, 4.69) is 42.3 Å². The van der Waals surface area contributed by atoms with Crippen molar-refractivity contribution in [3.63, 3.8) is 0 Å². The van der Waals surface area contributed by atoms with Crippen LogP contribution < -0.4 is 5.32 Å². The van der Waals surface area contributed by atoms with E-state index in [1.165, 1.54) is 24.3 Å². The van der Waals surface area contributed by atoms with E-state index in [9.17, 15) is 0 Å². The second-order valence-corrected chi connectivity index (χ2v) is 8.05. The SMILES string of the molecule is CCn1c(C)nnc1CN(Cc1nccs1)[C@H]1CC12CCNCC2. The van der Waals surface area contributed by atoms with Gasteiger partial charge in [0, 0.05) is 24.2 Å². The first-order chi connectivity index (χ1) is 11.7. The summed E-state index contributed by atoms with van der Waals surface area (Å²) in [6, 6.07) is 0.658. The zero-order valence-electron chi connectivity index (χ0n) is 14.5. The first kappa shape index (κ1) is 16.2. The maximum Gasteiger partial charge on any atom is 0.147 e. The van der Waals surface area contributed by atoms with E-state index in [-0.39, 0.29) is 0 Å². The fraction of sp³-hybridized carbons (Fsp3) is 0.706. The van der Waals surface area contributed by atoms with Crippen LogP contribution in [-0.4, -0.2) is 43.8 Å². The van der Waals surface area contributed by atoms with Gasteiger partial charge in [0.1, 0.15) is 16.7 Å². The number of hydrogen-bond donors (Lipinski definition) is 1. The predicted molar refractivity (Wildman–Crippen MR) is 94.7 cm³/mol. The van der Waals surface area contributed by atoms with Crippen LogP contribution in [0.4, 0.5) is 0 Å². The summed E-state index contributed by atoms with van der Waals surface area (Å²) in [5.41, 5.74) is 0.522. The largest absolute Gasteiger partial charge is 0.317 e. The number of aryl methyl sites for hydroxylation is 1. The van der Waals surface area contributed by atoms with Crippen molar-refractivity contribution in [1.82, 2.24) is 30.0 Å². The molecule has 1 saturated heterocycles. The molecule has 2 aliphatic rings. The molecule has 0 bridgehead atoms. The number of nitrogens with zero attached hydrogens (tertiary/aromatic N) is 5. The number of nitrogens with one attached hydrogen (secondary N) is 1. The maximum absolute atomic E-state index is 4.51. The fourth-order valence-electron chi connectivity index (χ4n) is 4.22. The van der Waals surface area contributed by atoms with E-state index >= 15 is 0 Å². The maximum atomic E-state index is 4.51. The highest BCUT2D eigenvalue weighted by molar-refractivity contribution is 7.09. The van der Waals surface area contributed by atoms with Crippen molar-refractivity contribution in [2.75, 3.05) is 13.1 Å². The third-order valence-electron chi connectivity index (χ3n) is 5.68. The summed E-state index contributed by atoms with van der Waals surface area (Å²) in [7, 11) is 0. The van der Waals surface area contributed by atoms with Crippen LogP contribution in [0.2, 0.25) is 0 Å². The van der Waals surface area contributed by atoms with Crippen molar-refractivity contribution in [3.8, 4) is 0 Å². The Morgan fingerprint density at radius 2 is 2.17 bits per heavy atom. The molecule has 0 aromatic carbocycles. The molecule has 7 heteroatoms. The van der Waals surface area contributed by atoms with E-state index in [0.29, 0.717) is 11.5 Å². The summed E-state index contributed by atoms with van der Waals surface area (Å²) in [6.45, 7) is 9.24. The number of piperidine rings is 1. The molecule has 130 valence electrons. The monoisotopic (exact) mass is 346 g/mol. The summed E-state index contributed by atoms with van der Waals surface area (Å²) in [5.74, 6) is 2.09. The van der Waals surface area contributed by atoms with Gasteiger partial charge in [-0.15, -0.1) is 21.5 Å². The molecule has 0 amide bonds. The molecule has 6 nitrogen and oxygen atoms in total. The first-order valence-corrected chi connectivity index (χ1v) is 9.81. The molecule has 1 N–H and O–H groups in total. The Balaban J connectivity index is 1.54. The highest BCUT2D eigenvalue weighted by atomic mass is 32.1. The van der Waals surface area contributed by atoms with Gasteiger partial charge >= 0.3 is 0 Å². The van der Waals surface area contributed by atoms with Gasteiger partial charge in [0.05, 0.1) is 13.1 Å². The highest BCUT2D eigenvalue weighted by Crippen LogP contribution is 2.56. The van der Waals surface area contributed by atoms with E-state index in [0.717, 1.165) is 44.4 Å². The number of hydrogen-bond acceptors (Lipinski definition) is 6. The van der Waals surface area contributed by atoms with E-state index in [1.807, 2.05) is 13.1 Å². The minimum absolute atomic E-state index is 0.522. The Labute approximate surface area is 147 Å². The van der Waals surface area contributed by atoms with Crippen molar-refractivity contribution in [1.29, 1.82) is 0 Å². The molecule has 0 radical (unpaired) electrons. The van der Waals surface area contributed by atoms with Gasteiger partial charge in [-0.05, 0) is 51.6 Å². The average molecular weight is 347 g/mol. The minimum Gasteiger partial charge on any atom is -0.317 e. The van der Waals surface area contributed by atoms with Crippen LogP contribution in [0, 0.1) is 12.3 Å². The smallest absolute Gasteiger partial charge is 0.147 e. The Bertz CT molecular complexity index is 673. The van der Waals surface area contributed by atoms with E-state index in [4.69, 9.17) is 0 Å². The summed E-state index contributed by atoms with van der Waals surface area (Å²) < 4.78 is 2.23. The molecule has 2 aromatic rings. The molecule has 1 atom stereocenters. The van der Waals surface area contributed by atoms with Gasteiger partial charge < -0.3 is 9.88 Å². The number of aromatic nitrogens is 4. The fourth-order valence-corrected chi connectivity index (χ4v) is 4.86. The van der Waals surface area contributed by atoms with Crippen LogP contribution >= 0.6 is 11.3 Å². The van der Waals surface area contributed by atoms with Crippen molar-refractivity contribution < 1.29 is 0 Å². The Morgan fingerprint density at radius 3 is 2.88 bits per heavy atom. The molecule has 1 saturated carbocycles. The van der Waals surface area contributed by atoms with Crippen molar-refractivity contribution in [3.05, 3.63) is 28.2 Å². The van der Waals surface area contributed by atoms with Crippen LogP contribution in [0.1, 0.15) is 42.8 Å². The molecule has 4 rings (SSSR count). The van der Waals surface area contributed by atoms with Gasteiger partial charge in [-0.2, -0.15) is 0 Å². The lowest BCUT2D eigenvalue weighted by Crippen LogP contribution is -2.36. The average Bonchev–Trinajstić information content (AvgIpc) is 2.94. The molecule has 1 aliphatic heterocycles. The summed E-state index contributed by atoms with van der Waals surface area (Å²) in [4.78, 5) is 7.11. The summed E-state index contributed by atoms with van der Waals surface area (Å²) in [6.07, 6.45) is 5.82. The van der Waals surface area contributed by atoms with Gasteiger partial charge in [0.2, 0.25) is 0 Å². The number of rotatable bonds is 6. The van der Waals surface area contributed by atoms with Crippen LogP contribution in [0.3, 0.4) is 0 Å². The molecule has 2 aromatic heterocycles. The third-order valence-corrected chi connectivity index (χ3v) is 6.45. The van der Waals surface area contributed by atoms with Gasteiger partial charge in [-0.3, -0.25) is 4.90 Å². The third kappa shape index (κ3) is 3.00. The predicted octanol–water partition coefficient (Wildman–Crippen LogP) is 2.21. The summed E-state index contributed by atoms with van der Waals surface area (Å²) >= 11 is 1.75. The van der Waals surface area contributed by atoms with Gasteiger partial charge in [0.25, 0.3) is 0 Å². The molecule has 1 spiro atoms. The van der Waals surface area contributed by atoms with Crippen molar-refractivity contribution >= 4 is 11.3 Å². The topological polar surface area (TPSA) is 58.9 Å². The molecule has 2 fully saturated rings. The second-order valence-electron chi connectivity index (χ2n) is 7.07. The first-order valence-electron chi connectivity index (χ1n) is 8.94. The molecule has 3 heterocycles.